The van der Waals surface area contributed by atoms with Crippen LogP contribution in [0.1, 0.15) is 48.0 Å². The van der Waals surface area contributed by atoms with Gasteiger partial charge in [0.2, 0.25) is 0 Å². The molecule has 0 aromatic heterocycles. The second-order valence-corrected chi connectivity index (χ2v) is 8.33. The summed E-state index contributed by atoms with van der Waals surface area (Å²) in [4.78, 5) is 23.7. The molecule has 0 N–H and O–H groups in total. The first-order valence-corrected chi connectivity index (χ1v) is 11.5. The van der Waals surface area contributed by atoms with E-state index in [2.05, 4.69) is 0 Å². The highest BCUT2D eigenvalue weighted by Gasteiger charge is 2.40. The van der Waals surface area contributed by atoms with Crippen LogP contribution in [0.2, 0.25) is 6.04 Å². The summed E-state index contributed by atoms with van der Waals surface area (Å²) in [5, 5.41) is 0. The van der Waals surface area contributed by atoms with Crippen LogP contribution in [0.4, 0.5) is 4.79 Å². The van der Waals surface area contributed by atoms with Crippen molar-refractivity contribution in [1.82, 2.24) is 4.90 Å². The van der Waals surface area contributed by atoms with Crippen LogP contribution >= 0.6 is 0 Å². The molecule has 0 radical (unpaired) electrons. The molecule has 27 heavy (non-hydrogen) atoms. The summed E-state index contributed by atoms with van der Waals surface area (Å²) >= 11 is 0. The zero-order chi connectivity index (χ0) is 20.8. The standard InChI is InChI=1S/C17H37NO8Si/c1-8-18(16(19)25-26-17(6,20-7)21-9-2)14-13-15-27(22-10-3,23-11-4)24-12-5/h8-15H2,1-7H3. The zero-order valence-electron chi connectivity index (χ0n) is 17.9. The second kappa shape index (κ2) is 14.3. The van der Waals surface area contributed by atoms with Crippen molar-refractivity contribution in [3.05, 3.63) is 0 Å². The van der Waals surface area contributed by atoms with Crippen LogP contribution in [-0.2, 0) is 32.5 Å². The molecule has 0 aliphatic heterocycles. The summed E-state index contributed by atoms with van der Waals surface area (Å²) in [7, 11) is -1.32. The first kappa shape index (κ1) is 26.2. The monoisotopic (exact) mass is 411 g/mol. The predicted molar refractivity (Wildman–Crippen MR) is 102 cm³/mol. The third kappa shape index (κ3) is 9.83. The number of methoxy groups -OCH3 is 1. The summed E-state index contributed by atoms with van der Waals surface area (Å²) in [5.74, 6) is -1.44. The number of carbonyl (C=O) groups excluding carboxylic acids is 1. The molecule has 0 fully saturated rings. The topological polar surface area (TPSA) is 84.9 Å². The van der Waals surface area contributed by atoms with Crippen LogP contribution in [0, 0.1) is 0 Å². The fourth-order valence-electron chi connectivity index (χ4n) is 2.41. The van der Waals surface area contributed by atoms with Crippen molar-refractivity contribution in [2.45, 2.75) is 60.0 Å². The normalized spacial score (nSPS) is 14.0. The lowest BCUT2D eigenvalue weighted by molar-refractivity contribution is -0.473. The van der Waals surface area contributed by atoms with Gasteiger partial charge in [0.1, 0.15) is 0 Å². The van der Waals surface area contributed by atoms with Crippen LogP contribution in [0.3, 0.4) is 0 Å². The molecule has 162 valence electrons. The van der Waals surface area contributed by atoms with E-state index in [0.717, 1.165) is 0 Å². The first-order chi connectivity index (χ1) is 12.9. The van der Waals surface area contributed by atoms with Gasteiger partial charge >= 0.3 is 20.9 Å². The van der Waals surface area contributed by atoms with Crippen molar-refractivity contribution in [2.24, 2.45) is 0 Å². The lowest BCUT2D eigenvalue weighted by atomic mass is 10.4. The summed E-state index contributed by atoms with van der Waals surface area (Å²) < 4.78 is 27.8. The fourth-order valence-corrected chi connectivity index (χ4v) is 5.00. The molecule has 1 amide bonds. The van der Waals surface area contributed by atoms with Gasteiger partial charge in [-0.25, -0.2) is 4.79 Å². The number of nitrogens with zero attached hydrogens (tertiary/aromatic N) is 1. The predicted octanol–water partition coefficient (Wildman–Crippen LogP) is 3.17. The Kier molecular flexibility index (Phi) is 13.9. The van der Waals surface area contributed by atoms with Crippen molar-refractivity contribution in [2.75, 3.05) is 46.6 Å². The Morgan fingerprint density at radius 3 is 1.93 bits per heavy atom. The van der Waals surface area contributed by atoms with E-state index in [4.69, 9.17) is 32.5 Å². The van der Waals surface area contributed by atoms with Crippen molar-refractivity contribution in [3.63, 3.8) is 0 Å². The summed E-state index contributed by atoms with van der Waals surface area (Å²) in [6.07, 6.45) is 0.0410. The highest BCUT2D eigenvalue weighted by molar-refractivity contribution is 6.60. The molecule has 0 spiro atoms. The van der Waals surface area contributed by atoms with Gasteiger partial charge in [-0.1, -0.05) is 0 Å². The summed E-state index contributed by atoms with van der Waals surface area (Å²) in [6, 6.07) is 0.613. The molecule has 0 aliphatic rings. The highest BCUT2D eigenvalue weighted by Crippen LogP contribution is 2.19. The fraction of sp³-hybridized carbons (Fsp3) is 0.941. The lowest BCUT2D eigenvalue weighted by Crippen LogP contribution is -2.46. The molecular formula is C17H37NO8Si. The molecule has 0 aromatic rings. The Morgan fingerprint density at radius 1 is 0.963 bits per heavy atom. The van der Waals surface area contributed by atoms with Gasteiger partial charge in [0.15, 0.2) is 0 Å². The molecule has 1 unspecified atom stereocenters. The molecule has 0 rings (SSSR count). The van der Waals surface area contributed by atoms with E-state index in [1.807, 2.05) is 27.7 Å². The third-order valence-corrected chi connectivity index (χ3v) is 6.84. The van der Waals surface area contributed by atoms with E-state index in [1.54, 1.807) is 6.92 Å². The SMILES string of the molecule is CCOC(C)(OC)OOC(=O)N(CC)CCC[Si](OCC)(OCC)OCC. The van der Waals surface area contributed by atoms with Crippen LogP contribution in [0.25, 0.3) is 0 Å². The Hall–Kier alpha value is -0.753. The minimum absolute atomic E-state index is 0.346. The summed E-state index contributed by atoms with van der Waals surface area (Å²) in [5.41, 5.74) is 0. The molecule has 9 nitrogen and oxygen atoms in total. The minimum Gasteiger partial charge on any atom is -0.374 e. The van der Waals surface area contributed by atoms with Gasteiger partial charge in [0.25, 0.3) is 0 Å². The molecule has 0 heterocycles. The van der Waals surface area contributed by atoms with Gasteiger partial charge in [0, 0.05) is 59.6 Å². The van der Waals surface area contributed by atoms with Crippen LogP contribution < -0.4 is 0 Å². The largest absolute Gasteiger partial charge is 0.500 e. The molecule has 0 bridgehead atoms. The molecule has 10 heteroatoms. The number of hydrogen-bond acceptors (Lipinski definition) is 8. The average molecular weight is 412 g/mol. The number of carbonyl (C=O) groups is 1. The Bertz CT molecular complexity index is 384. The van der Waals surface area contributed by atoms with E-state index in [-0.39, 0.29) is 0 Å². The van der Waals surface area contributed by atoms with Crippen LogP contribution in [-0.4, -0.2) is 72.4 Å². The van der Waals surface area contributed by atoms with Crippen LogP contribution in [0.5, 0.6) is 0 Å². The first-order valence-electron chi connectivity index (χ1n) is 9.61. The molecule has 0 saturated heterocycles. The van der Waals surface area contributed by atoms with Crippen molar-refractivity contribution in [1.29, 1.82) is 0 Å². The molecule has 0 aliphatic carbocycles. The highest BCUT2D eigenvalue weighted by atomic mass is 28.4. The van der Waals surface area contributed by atoms with Gasteiger partial charge in [-0.15, -0.1) is 4.89 Å². The number of rotatable bonds is 16. The molecule has 1 atom stereocenters. The number of ether oxygens (including phenoxy) is 2. The van der Waals surface area contributed by atoms with E-state index >= 15 is 0 Å². The third-order valence-electron chi connectivity index (χ3n) is 3.69. The number of hydrogen-bond donors (Lipinski definition) is 0. The lowest BCUT2D eigenvalue weighted by Gasteiger charge is -2.29. The quantitative estimate of drug-likeness (QED) is 0.166. The van der Waals surface area contributed by atoms with E-state index < -0.39 is 20.9 Å². The van der Waals surface area contributed by atoms with Crippen molar-refractivity contribution >= 4 is 14.9 Å². The van der Waals surface area contributed by atoms with Crippen LogP contribution in [0.15, 0.2) is 0 Å². The molecule has 0 saturated carbocycles. The molecular weight excluding hydrogens is 374 g/mol. The van der Waals surface area contributed by atoms with E-state index in [0.29, 0.717) is 52.0 Å². The van der Waals surface area contributed by atoms with Gasteiger partial charge < -0.3 is 27.7 Å². The summed E-state index contributed by atoms with van der Waals surface area (Å²) in [6.45, 7) is 13.7. The van der Waals surface area contributed by atoms with Gasteiger partial charge in [-0.2, -0.15) is 0 Å². The van der Waals surface area contributed by atoms with E-state index in [1.165, 1.54) is 18.9 Å². The average Bonchev–Trinajstić information content (AvgIpc) is 2.64. The van der Waals surface area contributed by atoms with Crippen molar-refractivity contribution < 1.29 is 37.3 Å². The Labute approximate surface area is 164 Å². The minimum atomic E-state index is -2.72. The smallest absolute Gasteiger partial charge is 0.374 e. The maximum Gasteiger partial charge on any atom is 0.500 e. The van der Waals surface area contributed by atoms with Gasteiger partial charge in [0.05, 0.1) is 0 Å². The van der Waals surface area contributed by atoms with E-state index in [9.17, 15) is 4.79 Å². The van der Waals surface area contributed by atoms with Gasteiger partial charge in [-0.05, 0) is 41.0 Å². The maximum absolute atomic E-state index is 12.3. The second-order valence-electron chi connectivity index (χ2n) is 5.60. The van der Waals surface area contributed by atoms with Gasteiger partial charge in [-0.3, -0.25) is 4.89 Å². The molecule has 0 aromatic carbocycles. The Morgan fingerprint density at radius 2 is 1.52 bits per heavy atom. The zero-order valence-corrected chi connectivity index (χ0v) is 18.9. The maximum atomic E-state index is 12.3. The number of amides is 1. The van der Waals surface area contributed by atoms with Crippen molar-refractivity contribution in [3.8, 4) is 0 Å². The Balaban J connectivity index is 4.66.